The smallest absolute Gasteiger partial charge is 0.245 e. The van der Waals surface area contributed by atoms with Gasteiger partial charge in [-0.05, 0) is 32.4 Å². The van der Waals surface area contributed by atoms with Crippen molar-refractivity contribution in [2.24, 2.45) is 0 Å². The molecule has 1 unspecified atom stereocenters. The van der Waals surface area contributed by atoms with Crippen LogP contribution in [0.25, 0.3) is 10.9 Å². The van der Waals surface area contributed by atoms with Gasteiger partial charge >= 0.3 is 0 Å². The predicted octanol–water partition coefficient (Wildman–Crippen LogP) is 2.66. The third-order valence-corrected chi connectivity index (χ3v) is 4.15. The van der Waals surface area contributed by atoms with Crippen LogP contribution in [0.2, 0.25) is 0 Å². The maximum absolute atomic E-state index is 12.4. The largest absolute Gasteiger partial charge is 0.494 e. The maximum atomic E-state index is 12.4. The highest BCUT2D eigenvalue weighted by atomic mass is 16.5. The molecule has 0 spiro atoms. The molecular formula is C17H21N3O2. The average molecular weight is 299 g/mol. The molecule has 5 heteroatoms. The first-order valence-electron chi connectivity index (χ1n) is 7.60. The van der Waals surface area contributed by atoms with Crippen molar-refractivity contribution in [2.75, 3.05) is 19.0 Å². The van der Waals surface area contributed by atoms with E-state index in [0.29, 0.717) is 0 Å². The van der Waals surface area contributed by atoms with E-state index in [-0.39, 0.29) is 18.0 Å². The van der Waals surface area contributed by atoms with Crippen molar-refractivity contribution in [3.63, 3.8) is 0 Å². The molecule has 0 saturated carbocycles. The van der Waals surface area contributed by atoms with Crippen LogP contribution < -0.4 is 10.1 Å². The highest BCUT2D eigenvalue weighted by molar-refractivity contribution is 5.97. The SMILES string of the molecule is COc1cccc2c(NC3CCN(C(C)C)C3=O)ccnc12. The number of hydrogen-bond donors (Lipinski definition) is 1. The lowest BCUT2D eigenvalue weighted by Crippen LogP contribution is -2.37. The molecule has 1 N–H and O–H groups in total. The fourth-order valence-corrected chi connectivity index (χ4v) is 2.98. The van der Waals surface area contributed by atoms with Crippen LogP contribution >= 0.6 is 0 Å². The summed E-state index contributed by atoms with van der Waals surface area (Å²) in [6.45, 7) is 4.90. The summed E-state index contributed by atoms with van der Waals surface area (Å²) < 4.78 is 5.36. The molecule has 1 aliphatic rings. The van der Waals surface area contributed by atoms with E-state index >= 15 is 0 Å². The van der Waals surface area contributed by atoms with Crippen molar-refractivity contribution in [2.45, 2.75) is 32.4 Å². The number of carbonyl (C=O) groups excluding carboxylic acids is 1. The fraction of sp³-hybridized carbons (Fsp3) is 0.412. The summed E-state index contributed by atoms with van der Waals surface area (Å²) in [5, 5.41) is 4.35. The number of benzene rings is 1. The van der Waals surface area contributed by atoms with Crippen molar-refractivity contribution in [3.8, 4) is 5.75 Å². The number of amides is 1. The fourth-order valence-electron chi connectivity index (χ4n) is 2.98. The predicted molar refractivity (Wildman–Crippen MR) is 87.2 cm³/mol. The van der Waals surface area contributed by atoms with Gasteiger partial charge in [-0.1, -0.05) is 12.1 Å². The van der Waals surface area contributed by atoms with Gasteiger partial charge in [-0.25, -0.2) is 0 Å². The van der Waals surface area contributed by atoms with Crippen LogP contribution in [-0.2, 0) is 4.79 Å². The molecule has 1 atom stereocenters. The highest BCUT2D eigenvalue weighted by Gasteiger charge is 2.33. The number of pyridine rings is 1. The van der Waals surface area contributed by atoms with E-state index in [1.807, 2.05) is 43.0 Å². The molecule has 1 aromatic heterocycles. The number of ether oxygens (including phenoxy) is 1. The van der Waals surface area contributed by atoms with Gasteiger partial charge in [-0.2, -0.15) is 0 Å². The Morgan fingerprint density at radius 2 is 2.18 bits per heavy atom. The number of hydrogen-bond acceptors (Lipinski definition) is 4. The number of nitrogens with zero attached hydrogens (tertiary/aromatic N) is 2. The number of carbonyl (C=O) groups is 1. The lowest BCUT2D eigenvalue weighted by molar-refractivity contribution is -0.129. The summed E-state index contributed by atoms with van der Waals surface area (Å²) >= 11 is 0. The van der Waals surface area contributed by atoms with Crippen molar-refractivity contribution in [1.82, 2.24) is 9.88 Å². The Labute approximate surface area is 130 Å². The zero-order valence-electron chi connectivity index (χ0n) is 13.2. The Bertz CT molecular complexity index is 699. The molecule has 1 aliphatic heterocycles. The van der Waals surface area contributed by atoms with E-state index in [2.05, 4.69) is 10.3 Å². The summed E-state index contributed by atoms with van der Waals surface area (Å²) in [6.07, 6.45) is 2.57. The number of aromatic nitrogens is 1. The third kappa shape index (κ3) is 2.47. The zero-order valence-corrected chi connectivity index (χ0v) is 13.2. The van der Waals surface area contributed by atoms with Crippen molar-refractivity contribution in [1.29, 1.82) is 0 Å². The third-order valence-electron chi connectivity index (χ3n) is 4.15. The average Bonchev–Trinajstić information content (AvgIpc) is 2.88. The summed E-state index contributed by atoms with van der Waals surface area (Å²) in [4.78, 5) is 18.7. The Balaban J connectivity index is 1.91. The highest BCUT2D eigenvalue weighted by Crippen LogP contribution is 2.30. The number of para-hydroxylation sites is 1. The van der Waals surface area contributed by atoms with E-state index in [0.717, 1.165) is 35.3 Å². The molecule has 1 fully saturated rings. The zero-order chi connectivity index (χ0) is 15.7. The van der Waals surface area contributed by atoms with E-state index in [4.69, 9.17) is 4.74 Å². The number of anilines is 1. The van der Waals surface area contributed by atoms with Crippen LogP contribution in [0.1, 0.15) is 20.3 Å². The molecule has 2 aromatic rings. The van der Waals surface area contributed by atoms with E-state index in [1.165, 1.54) is 0 Å². The number of likely N-dealkylation sites (tertiary alicyclic amines) is 1. The normalized spacial score (nSPS) is 18.3. The van der Waals surface area contributed by atoms with Gasteiger partial charge in [0, 0.05) is 29.9 Å². The molecule has 22 heavy (non-hydrogen) atoms. The van der Waals surface area contributed by atoms with Crippen LogP contribution in [0, 0.1) is 0 Å². The molecular weight excluding hydrogens is 278 g/mol. The van der Waals surface area contributed by atoms with Gasteiger partial charge in [0.25, 0.3) is 0 Å². The monoisotopic (exact) mass is 299 g/mol. The maximum Gasteiger partial charge on any atom is 0.245 e. The van der Waals surface area contributed by atoms with Gasteiger partial charge in [0.15, 0.2) is 0 Å². The quantitative estimate of drug-likeness (QED) is 0.943. The number of nitrogens with one attached hydrogen (secondary N) is 1. The van der Waals surface area contributed by atoms with E-state index in [1.54, 1.807) is 13.3 Å². The second-order valence-corrected chi connectivity index (χ2v) is 5.83. The topological polar surface area (TPSA) is 54.5 Å². The summed E-state index contributed by atoms with van der Waals surface area (Å²) in [7, 11) is 1.64. The summed E-state index contributed by atoms with van der Waals surface area (Å²) in [5.41, 5.74) is 1.73. The Hall–Kier alpha value is -2.30. The van der Waals surface area contributed by atoms with Gasteiger partial charge in [-0.15, -0.1) is 0 Å². The first kappa shape index (κ1) is 14.6. The number of fused-ring (bicyclic) bond motifs is 1. The Morgan fingerprint density at radius 3 is 2.86 bits per heavy atom. The Kier molecular flexibility index (Phi) is 3.88. The molecule has 116 valence electrons. The minimum atomic E-state index is -0.167. The van der Waals surface area contributed by atoms with Gasteiger partial charge in [0.05, 0.1) is 7.11 Å². The van der Waals surface area contributed by atoms with E-state index < -0.39 is 0 Å². The molecule has 1 amide bonds. The standard InChI is InChI=1S/C17H21N3O2/c1-11(2)20-10-8-14(17(20)21)19-13-7-9-18-16-12(13)5-4-6-15(16)22-3/h4-7,9,11,14H,8,10H2,1-3H3,(H,18,19). The first-order valence-corrected chi connectivity index (χ1v) is 7.60. The minimum absolute atomic E-state index is 0.167. The number of methoxy groups -OCH3 is 1. The van der Waals surface area contributed by atoms with Crippen LogP contribution in [-0.4, -0.2) is 41.5 Å². The van der Waals surface area contributed by atoms with Gasteiger partial charge < -0.3 is 15.0 Å². The van der Waals surface area contributed by atoms with E-state index in [9.17, 15) is 4.79 Å². The lowest BCUT2D eigenvalue weighted by Gasteiger charge is -2.21. The van der Waals surface area contributed by atoms with Gasteiger partial charge in [0.2, 0.25) is 5.91 Å². The molecule has 0 aliphatic carbocycles. The van der Waals surface area contributed by atoms with Crippen molar-refractivity contribution in [3.05, 3.63) is 30.5 Å². The lowest BCUT2D eigenvalue weighted by atomic mass is 10.1. The molecule has 1 saturated heterocycles. The Morgan fingerprint density at radius 1 is 1.36 bits per heavy atom. The molecule has 0 bridgehead atoms. The van der Waals surface area contributed by atoms with Gasteiger partial charge in [-0.3, -0.25) is 9.78 Å². The second-order valence-electron chi connectivity index (χ2n) is 5.83. The second kappa shape index (κ2) is 5.83. The molecule has 1 aromatic carbocycles. The minimum Gasteiger partial charge on any atom is -0.494 e. The van der Waals surface area contributed by atoms with Gasteiger partial charge in [0.1, 0.15) is 17.3 Å². The van der Waals surface area contributed by atoms with Crippen molar-refractivity contribution >= 4 is 22.5 Å². The van der Waals surface area contributed by atoms with Crippen LogP contribution in [0.15, 0.2) is 30.5 Å². The summed E-state index contributed by atoms with van der Waals surface area (Å²) in [5.74, 6) is 0.908. The van der Waals surface area contributed by atoms with Crippen LogP contribution in [0.3, 0.4) is 0 Å². The number of rotatable bonds is 4. The van der Waals surface area contributed by atoms with Crippen LogP contribution in [0.4, 0.5) is 5.69 Å². The van der Waals surface area contributed by atoms with Crippen molar-refractivity contribution < 1.29 is 9.53 Å². The molecule has 3 rings (SSSR count). The van der Waals surface area contributed by atoms with Crippen LogP contribution in [0.5, 0.6) is 5.75 Å². The first-order chi connectivity index (χ1) is 10.6. The summed E-state index contributed by atoms with van der Waals surface area (Å²) in [6, 6.07) is 7.80. The molecule has 0 radical (unpaired) electrons. The molecule has 2 heterocycles. The molecule has 5 nitrogen and oxygen atoms in total.